The average Bonchev–Trinajstić information content (AvgIpc) is 2.46. The van der Waals surface area contributed by atoms with Crippen LogP contribution in [0, 0.1) is 0 Å². The topological polar surface area (TPSA) is 53.0 Å². The molecule has 0 spiro atoms. The van der Waals surface area contributed by atoms with Gasteiger partial charge < -0.3 is 19.6 Å². The van der Waals surface area contributed by atoms with Gasteiger partial charge in [-0.15, -0.1) is 0 Å². The summed E-state index contributed by atoms with van der Waals surface area (Å²) in [5, 5.41) is 9.30. The van der Waals surface area contributed by atoms with E-state index in [4.69, 9.17) is 4.74 Å². The van der Waals surface area contributed by atoms with Gasteiger partial charge in [-0.1, -0.05) is 0 Å². The number of hydrogen-bond donors (Lipinski definition) is 1. The maximum Gasteiger partial charge on any atom is 0.251 e. The van der Waals surface area contributed by atoms with Crippen molar-refractivity contribution in [3.05, 3.63) is 24.3 Å². The summed E-state index contributed by atoms with van der Waals surface area (Å²) >= 11 is 0. The number of aliphatic hydroxyl groups is 1. The lowest BCUT2D eigenvalue weighted by Gasteiger charge is -2.36. The number of hydrogen-bond acceptors (Lipinski definition) is 4. The molecule has 1 aromatic carbocycles. The molecule has 1 fully saturated rings. The number of ether oxygens (including phenoxy) is 1. The van der Waals surface area contributed by atoms with Gasteiger partial charge in [0.2, 0.25) is 0 Å². The van der Waals surface area contributed by atoms with Crippen molar-refractivity contribution in [2.75, 3.05) is 38.2 Å². The van der Waals surface area contributed by atoms with Crippen molar-refractivity contribution in [1.29, 1.82) is 0 Å². The van der Waals surface area contributed by atoms with E-state index >= 15 is 0 Å². The van der Waals surface area contributed by atoms with Gasteiger partial charge in [0, 0.05) is 31.9 Å². The van der Waals surface area contributed by atoms with E-state index < -0.39 is 6.10 Å². The largest absolute Gasteiger partial charge is 0.497 e. The van der Waals surface area contributed by atoms with E-state index in [1.54, 1.807) is 12.0 Å². The number of rotatable bonds is 3. The van der Waals surface area contributed by atoms with E-state index in [1.807, 2.05) is 24.3 Å². The van der Waals surface area contributed by atoms with Crippen LogP contribution < -0.4 is 9.64 Å². The van der Waals surface area contributed by atoms with Gasteiger partial charge >= 0.3 is 0 Å². The van der Waals surface area contributed by atoms with Crippen molar-refractivity contribution in [2.45, 2.75) is 13.0 Å². The molecule has 1 aromatic rings. The third-order valence-electron chi connectivity index (χ3n) is 3.39. The highest BCUT2D eigenvalue weighted by Crippen LogP contribution is 2.20. The van der Waals surface area contributed by atoms with Gasteiger partial charge in [0.1, 0.15) is 11.9 Å². The Bertz CT molecular complexity index is 423. The standard InChI is InChI=1S/C14H20N2O3/c1-11(17)14(18)16-9-7-15(8-10-16)12-3-5-13(19-2)6-4-12/h3-6,11,17H,7-10H2,1-2H3. The third-order valence-corrected chi connectivity index (χ3v) is 3.39. The Morgan fingerprint density at radius 1 is 1.21 bits per heavy atom. The van der Waals surface area contributed by atoms with Gasteiger partial charge in [-0.3, -0.25) is 4.79 Å². The molecule has 5 heteroatoms. The van der Waals surface area contributed by atoms with E-state index in [1.165, 1.54) is 6.92 Å². The summed E-state index contributed by atoms with van der Waals surface area (Å²) in [6.07, 6.45) is -0.910. The molecule has 1 saturated heterocycles. The zero-order valence-corrected chi connectivity index (χ0v) is 11.4. The fourth-order valence-corrected chi connectivity index (χ4v) is 2.24. The Hall–Kier alpha value is -1.75. The predicted octanol–water partition coefficient (Wildman–Crippen LogP) is 0.725. The van der Waals surface area contributed by atoms with Crippen LogP contribution >= 0.6 is 0 Å². The fourth-order valence-electron chi connectivity index (χ4n) is 2.24. The number of piperazine rings is 1. The molecule has 1 amide bonds. The Labute approximate surface area is 113 Å². The van der Waals surface area contributed by atoms with E-state index in [9.17, 15) is 9.90 Å². The van der Waals surface area contributed by atoms with E-state index in [2.05, 4.69) is 4.90 Å². The van der Waals surface area contributed by atoms with Gasteiger partial charge in [-0.25, -0.2) is 0 Å². The quantitative estimate of drug-likeness (QED) is 0.874. The first-order valence-corrected chi connectivity index (χ1v) is 6.47. The highest BCUT2D eigenvalue weighted by atomic mass is 16.5. The highest BCUT2D eigenvalue weighted by Gasteiger charge is 2.23. The first-order valence-electron chi connectivity index (χ1n) is 6.47. The minimum atomic E-state index is -0.910. The van der Waals surface area contributed by atoms with Crippen molar-refractivity contribution in [1.82, 2.24) is 4.90 Å². The summed E-state index contributed by atoms with van der Waals surface area (Å²) in [7, 11) is 1.65. The normalized spacial score (nSPS) is 17.2. The fraction of sp³-hybridized carbons (Fsp3) is 0.500. The Morgan fingerprint density at radius 3 is 2.26 bits per heavy atom. The average molecular weight is 264 g/mol. The summed E-state index contributed by atoms with van der Waals surface area (Å²) in [5.74, 6) is 0.654. The summed E-state index contributed by atoms with van der Waals surface area (Å²) in [4.78, 5) is 15.6. The molecule has 1 N–H and O–H groups in total. The molecule has 5 nitrogen and oxygen atoms in total. The van der Waals surface area contributed by atoms with Crippen LogP contribution in [0.15, 0.2) is 24.3 Å². The lowest BCUT2D eigenvalue weighted by molar-refractivity contribution is -0.139. The number of carbonyl (C=O) groups excluding carboxylic acids is 1. The van der Waals surface area contributed by atoms with Gasteiger partial charge in [-0.05, 0) is 31.2 Å². The molecular formula is C14H20N2O3. The number of nitrogens with zero attached hydrogens (tertiary/aromatic N) is 2. The SMILES string of the molecule is COc1ccc(N2CCN(C(=O)C(C)O)CC2)cc1. The van der Waals surface area contributed by atoms with Crippen LogP contribution in [0.4, 0.5) is 5.69 Å². The summed E-state index contributed by atoms with van der Waals surface area (Å²) in [6, 6.07) is 7.90. The maximum atomic E-state index is 11.7. The van der Waals surface area contributed by atoms with Crippen LogP contribution in [-0.4, -0.2) is 55.3 Å². The van der Waals surface area contributed by atoms with Crippen LogP contribution in [0.3, 0.4) is 0 Å². The zero-order valence-electron chi connectivity index (χ0n) is 11.4. The number of carbonyl (C=O) groups is 1. The maximum absolute atomic E-state index is 11.7. The highest BCUT2D eigenvalue weighted by molar-refractivity contribution is 5.80. The second kappa shape index (κ2) is 5.93. The number of methoxy groups -OCH3 is 1. The molecule has 1 heterocycles. The second-order valence-corrected chi connectivity index (χ2v) is 4.69. The van der Waals surface area contributed by atoms with Crippen molar-refractivity contribution in [2.24, 2.45) is 0 Å². The number of anilines is 1. The minimum absolute atomic E-state index is 0.186. The molecule has 19 heavy (non-hydrogen) atoms. The monoisotopic (exact) mass is 264 g/mol. The van der Waals surface area contributed by atoms with E-state index in [0.29, 0.717) is 13.1 Å². The first-order chi connectivity index (χ1) is 9.11. The molecule has 0 radical (unpaired) electrons. The van der Waals surface area contributed by atoms with Gasteiger partial charge in [0.05, 0.1) is 7.11 Å². The number of benzene rings is 1. The van der Waals surface area contributed by atoms with Crippen LogP contribution in [0.1, 0.15) is 6.92 Å². The molecule has 0 aliphatic carbocycles. The molecule has 2 rings (SSSR count). The predicted molar refractivity (Wildman–Crippen MR) is 73.5 cm³/mol. The molecule has 1 aliphatic rings. The lowest BCUT2D eigenvalue weighted by Crippen LogP contribution is -2.51. The molecular weight excluding hydrogens is 244 g/mol. The van der Waals surface area contributed by atoms with Crippen LogP contribution in [0.25, 0.3) is 0 Å². The molecule has 0 aromatic heterocycles. The van der Waals surface area contributed by atoms with E-state index in [-0.39, 0.29) is 5.91 Å². The third kappa shape index (κ3) is 3.17. The molecule has 0 bridgehead atoms. The van der Waals surface area contributed by atoms with Crippen molar-refractivity contribution in [3.63, 3.8) is 0 Å². The van der Waals surface area contributed by atoms with Crippen LogP contribution in [-0.2, 0) is 4.79 Å². The van der Waals surface area contributed by atoms with Crippen LogP contribution in [0.5, 0.6) is 5.75 Å². The van der Waals surface area contributed by atoms with Crippen molar-refractivity contribution in [3.8, 4) is 5.75 Å². The molecule has 104 valence electrons. The summed E-state index contributed by atoms with van der Waals surface area (Å²) in [5.41, 5.74) is 1.13. The molecule has 1 aliphatic heterocycles. The van der Waals surface area contributed by atoms with E-state index in [0.717, 1.165) is 24.5 Å². The molecule has 0 saturated carbocycles. The van der Waals surface area contributed by atoms with Gasteiger partial charge in [0.15, 0.2) is 0 Å². The van der Waals surface area contributed by atoms with Gasteiger partial charge in [-0.2, -0.15) is 0 Å². The first kappa shape index (κ1) is 13.7. The zero-order chi connectivity index (χ0) is 13.8. The molecule has 1 unspecified atom stereocenters. The second-order valence-electron chi connectivity index (χ2n) is 4.69. The van der Waals surface area contributed by atoms with Crippen molar-refractivity contribution >= 4 is 11.6 Å². The number of aliphatic hydroxyl groups excluding tert-OH is 1. The van der Waals surface area contributed by atoms with Crippen molar-refractivity contribution < 1.29 is 14.6 Å². The van der Waals surface area contributed by atoms with Crippen LogP contribution in [0.2, 0.25) is 0 Å². The summed E-state index contributed by atoms with van der Waals surface area (Å²) < 4.78 is 5.13. The summed E-state index contributed by atoms with van der Waals surface area (Å²) in [6.45, 7) is 4.37. The number of amides is 1. The molecule has 1 atom stereocenters. The smallest absolute Gasteiger partial charge is 0.251 e. The van der Waals surface area contributed by atoms with Gasteiger partial charge in [0.25, 0.3) is 5.91 Å². The lowest BCUT2D eigenvalue weighted by atomic mass is 10.2. The Kier molecular flexibility index (Phi) is 4.27. The Morgan fingerprint density at radius 2 is 1.79 bits per heavy atom. The minimum Gasteiger partial charge on any atom is -0.497 e. The Balaban J connectivity index is 1.94.